The third kappa shape index (κ3) is 3.96. The van der Waals surface area contributed by atoms with Gasteiger partial charge in [-0.2, -0.15) is 0 Å². The molecule has 0 aromatic carbocycles. The van der Waals surface area contributed by atoms with E-state index in [-0.39, 0.29) is 11.5 Å². The van der Waals surface area contributed by atoms with Gasteiger partial charge in [0, 0.05) is 6.04 Å². The summed E-state index contributed by atoms with van der Waals surface area (Å²) in [6.07, 6.45) is 3.80. The fourth-order valence-corrected chi connectivity index (χ4v) is 5.54. The molecule has 0 aromatic heterocycles. The SMILES string of the molecule is C[C@@H](OC(=O)[C@H](C)N1C(=O)[C@H]2CC=CC[C@H]2C1=O)C(=O)N[C@H]1CCS(=O)(=O)C1. The minimum Gasteiger partial charge on any atom is -0.451 e. The van der Waals surface area contributed by atoms with Crippen LogP contribution in [0.25, 0.3) is 0 Å². The molecule has 2 heterocycles. The maximum absolute atomic E-state index is 12.5. The second-order valence-electron chi connectivity index (χ2n) is 7.57. The average molecular weight is 412 g/mol. The quantitative estimate of drug-likeness (QED) is 0.368. The fraction of sp³-hybridized carbons (Fsp3) is 0.667. The lowest BCUT2D eigenvalue weighted by Gasteiger charge is -2.23. The van der Waals surface area contributed by atoms with Crippen LogP contribution in [0.5, 0.6) is 0 Å². The van der Waals surface area contributed by atoms with Crippen molar-refractivity contribution in [2.24, 2.45) is 11.8 Å². The molecule has 1 N–H and O–H groups in total. The monoisotopic (exact) mass is 412 g/mol. The molecule has 0 saturated carbocycles. The second-order valence-corrected chi connectivity index (χ2v) is 9.79. The molecule has 0 aromatic rings. The number of carbonyl (C=O) groups excluding carboxylic acids is 4. The Morgan fingerprint density at radius 1 is 1.14 bits per heavy atom. The maximum Gasteiger partial charge on any atom is 0.329 e. The van der Waals surface area contributed by atoms with Gasteiger partial charge in [-0.3, -0.25) is 19.3 Å². The number of amides is 3. The molecule has 3 aliphatic rings. The normalized spacial score (nSPS) is 30.6. The smallest absolute Gasteiger partial charge is 0.329 e. The van der Waals surface area contributed by atoms with E-state index in [1.807, 2.05) is 12.2 Å². The zero-order valence-corrected chi connectivity index (χ0v) is 16.6. The van der Waals surface area contributed by atoms with Gasteiger partial charge in [-0.05, 0) is 33.1 Å². The molecule has 0 unspecified atom stereocenters. The lowest BCUT2D eigenvalue weighted by Crippen LogP contribution is -2.48. The molecule has 10 heteroatoms. The van der Waals surface area contributed by atoms with Gasteiger partial charge in [0.05, 0.1) is 23.3 Å². The van der Waals surface area contributed by atoms with Crippen LogP contribution in [0.1, 0.15) is 33.1 Å². The van der Waals surface area contributed by atoms with Crippen molar-refractivity contribution in [3.8, 4) is 0 Å². The number of ether oxygens (including phenoxy) is 1. The molecule has 2 fully saturated rings. The molecule has 3 rings (SSSR count). The summed E-state index contributed by atoms with van der Waals surface area (Å²) in [6, 6.07) is -1.64. The average Bonchev–Trinajstić information content (AvgIpc) is 3.11. The van der Waals surface area contributed by atoms with Crippen molar-refractivity contribution in [3.63, 3.8) is 0 Å². The number of imide groups is 1. The molecule has 0 bridgehead atoms. The molecule has 2 aliphatic heterocycles. The number of carbonyl (C=O) groups is 4. The van der Waals surface area contributed by atoms with E-state index >= 15 is 0 Å². The lowest BCUT2D eigenvalue weighted by molar-refractivity contribution is -0.164. The van der Waals surface area contributed by atoms with Crippen LogP contribution >= 0.6 is 0 Å². The molecule has 9 nitrogen and oxygen atoms in total. The first-order valence-corrected chi connectivity index (χ1v) is 11.2. The number of rotatable bonds is 5. The summed E-state index contributed by atoms with van der Waals surface area (Å²) in [6.45, 7) is 2.76. The number of sulfone groups is 1. The van der Waals surface area contributed by atoms with Gasteiger partial charge >= 0.3 is 5.97 Å². The van der Waals surface area contributed by atoms with Crippen LogP contribution in [0.2, 0.25) is 0 Å². The van der Waals surface area contributed by atoms with Crippen molar-refractivity contribution in [3.05, 3.63) is 12.2 Å². The summed E-state index contributed by atoms with van der Waals surface area (Å²) >= 11 is 0. The minimum atomic E-state index is -3.15. The summed E-state index contributed by atoms with van der Waals surface area (Å²) in [5.41, 5.74) is 0. The maximum atomic E-state index is 12.5. The van der Waals surface area contributed by atoms with Crippen LogP contribution in [0.3, 0.4) is 0 Å². The Morgan fingerprint density at radius 3 is 2.21 bits per heavy atom. The Hall–Kier alpha value is -2.23. The molecular weight excluding hydrogens is 388 g/mol. The molecule has 28 heavy (non-hydrogen) atoms. The number of hydrogen-bond acceptors (Lipinski definition) is 7. The van der Waals surface area contributed by atoms with Crippen LogP contribution in [0.4, 0.5) is 0 Å². The Kier molecular flexibility index (Phi) is 5.60. The van der Waals surface area contributed by atoms with E-state index in [2.05, 4.69) is 5.32 Å². The summed E-state index contributed by atoms with van der Waals surface area (Å²) in [4.78, 5) is 50.6. The van der Waals surface area contributed by atoms with Crippen molar-refractivity contribution < 1.29 is 32.3 Å². The van der Waals surface area contributed by atoms with Crippen LogP contribution in [-0.2, 0) is 33.8 Å². The highest BCUT2D eigenvalue weighted by molar-refractivity contribution is 7.91. The first kappa shape index (κ1) is 20.5. The number of esters is 1. The molecule has 3 amide bonds. The van der Waals surface area contributed by atoms with Crippen molar-refractivity contribution in [2.75, 3.05) is 11.5 Å². The minimum absolute atomic E-state index is 0.0134. The predicted octanol–water partition coefficient (Wildman–Crippen LogP) is -0.439. The Bertz CT molecular complexity index is 809. The van der Waals surface area contributed by atoms with Gasteiger partial charge in [-0.25, -0.2) is 13.2 Å². The lowest BCUT2D eigenvalue weighted by atomic mass is 9.85. The van der Waals surface area contributed by atoms with Gasteiger partial charge in [0.15, 0.2) is 15.9 Å². The summed E-state index contributed by atoms with van der Waals surface area (Å²) in [5, 5.41) is 2.56. The van der Waals surface area contributed by atoms with E-state index in [0.717, 1.165) is 4.90 Å². The highest BCUT2D eigenvalue weighted by atomic mass is 32.2. The van der Waals surface area contributed by atoms with Crippen molar-refractivity contribution in [1.82, 2.24) is 10.2 Å². The van der Waals surface area contributed by atoms with E-state index < -0.39 is 63.6 Å². The number of nitrogens with one attached hydrogen (secondary N) is 1. The van der Waals surface area contributed by atoms with Gasteiger partial charge in [0.1, 0.15) is 6.04 Å². The third-order valence-electron chi connectivity index (χ3n) is 5.51. The standard InChI is InChI=1S/C18H24N2O7S/c1-10(20-16(22)13-5-3-4-6-14(13)17(20)23)18(24)27-11(2)15(21)19-12-7-8-28(25,26)9-12/h3-4,10-14H,5-9H2,1-2H3,(H,19,21)/t10-,11+,12-,13-,14+/m0/s1. The summed E-state index contributed by atoms with van der Waals surface area (Å²) in [7, 11) is -3.15. The van der Waals surface area contributed by atoms with Crippen LogP contribution in [-0.4, -0.2) is 66.7 Å². The first-order chi connectivity index (χ1) is 13.1. The van der Waals surface area contributed by atoms with Gasteiger partial charge in [-0.15, -0.1) is 0 Å². The van der Waals surface area contributed by atoms with E-state index in [4.69, 9.17) is 4.74 Å². The highest BCUT2D eigenvalue weighted by Crippen LogP contribution is 2.36. The molecule has 5 atom stereocenters. The molecule has 154 valence electrons. The van der Waals surface area contributed by atoms with Gasteiger partial charge < -0.3 is 10.1 Å². The Balaban J connectivity index is 1.57. The fourth-order valence-electron chi connectivity index (χ4n) is 3.87. The first-order valence-electron chi connectivity index (χ1n) is 9.34. The Labute approximate surface area is 163 Å². The predicted molar refractivity (Wildman–Crippen MR) is 97.4 cm³/mol. The van der Waals surface area contributed by atoms with E-state index in [0.29, 0.717) is 19.3 Å². The number of nitrogens with zero attached hydrogens (tertiary/aromatic N) is 1. The number of allylic oxidation sites excluding steroid dienone is 2. The van der Waals surface area contributed by atoms with Gasteiger partial charge in [0.25, 0.3) is 5.91 Å². The molecule has 0 spiro atoms. The van der Waals surface area contributed by atoms with Crippen LogP contribution < -0.4 is 5.32 Å². The number of fused-ring (bicyclic) bond motifs is 1. The number of hydrogen-bond donors (Lipinski definition) is 1. The van der Waals surface area contributed by atoms with E-state index in [1.165, 1.54) is 13.8 Å². The molecular formula is C18H24N2O7S. The van der Waals surface area contributed by atoms with Crippen molar-refractivity contribution in [2.45, 2.75) is 51.3 Å². The second kappa shape index (κ2) is 7.65. The van der Waals surface area contributed by atoms with E-state index in [1.54, 1.807) is 0 Å². The van der Waals surface area contributed by atoms with Crippen LogP contribution in [0.15, 0.2) is 12.2 Å². The molecule has 0 radical (unpaired) electrons. The summed E-state index contributed by atoms with van der Waals surface area (Å²) in [5.74, 6) is -3.26. The number of likely N-dealkylation sites (tertiary alicyclic amines) is 1. The zero-order valence-electron chi connectivity index (χ0n) is 15.8. The van der Waals surface area contributed by atoms with Crippen molar-refractivity contribution in [1.29, 1.82) is 0 Å². The summed E-state index contributed by atoms with van der Waals surface area (Å²) < 4.78 is 28.1. The van der Waals surface area contributed by atoms with Gasteiger partial charge in [-0.1, -0.05) is 12.2 Å². The van der Waals surface area contributed by atoms with Crippen molar-refractivity contribution >= 4 is 33.5 Å². The third-order valence-corrected chi connectivity index (χ3v) is 7.28. The topological polar surface area (TPSA) is 127 Å². The molecule has 2 saturated heterocycles. The molecule has 1 aliphatic carbocycles. The van der Waals surface area contributed by atoms with Gasteiger partial charge in [0.2, 0.25) is 11.8 Å². The highest BCUT2D eigenvalue weighted by Gasteiger charge is 2.50. The largest absolute Gasteiger partial charge is 0.451 e. The zero-order chi connectivity index (χ0) is 20.6. The van der Waals surface area contributed by atoms with Crippen LogP contribution in [0, 0.1) is 11.8 Å². The Morgan fingerprint density at radius 2 is 1.71 bits per heavy atom. The van der Waals surface area contributed by atoms with E-state index in [9.17, 15) is 27.6 Å².